The third kappa shape index (κ3) is 3.28. The van der Waals surface area contributed by atoms with Crippen LogP contribution in [0.3, 0.4) is 0 Å². The molecule has 26 heavy (non-hydrogen) atoms. The van der Waals surface area contributed by atoms with Crippen molar-refractivity contribution in [2.24, 2.45) is 0 Å². The standard InChI is InChI=1S/C25H31N/c1-8-18(6)24-19(7)21-9-10-26-25(23(21)14-22(24)15(2)3)20-12-16(4)11-17(5)13-20/h9-15,18H,8H2,1-7H3. The molecule has 0 spiro atoms. The van der Waals surface area contributed by atoms with Gasteiger partial charge >= 0.3 is 0 Å². The second-order valence-corrected chi connectivity index (χ2v) is 8.10. The Morgan fingerprint density at radius 1 is 0.885 bits per heavy atom. The summed E-state index contributed by atoms with van der Waals surface area (Å²) in [7, 11) is 0. The second-order valence-electron chi connectivity index (χ2n) is 8.10. The zero-order valence-corrected chi connectivity index (χ0v) is 17.3. The van der Waals surface area contributed by atoms with Gasteiger partial charge in [-0.1, -0.05) is 44.9 Å². The average molecular weight is 346 g/mol. The maximum Gasteiger partial charge on any atom is 0.0780 e. The Kier molecular flexibility index (Phi) is 5.18. The van der Waals surface area contributed by atoms with E-state index in [2.05, 4.69) is 78.8 Å². The number of hydrogen-bond donors (Lipinski definition) is 0. The first-order valence-electron chi connectivity index (χ1n) is 9.84. The van der Waals surface area contributed by atoms with Gasteiger partial charge in [0.15, 0.2) is 0 Å². The Labute approximate surface area is 158 Å². The van der Waals surface area contributed by atoms with Crippen LogP contribution in [-0.2, 0) is 0 Å². The minimum Gasteiger partial charge on any atom is -0.256 e. The number of benzene rings is 2. The number of aromatic nitrogens is 1. The van der Waals surface area contributed by atoms with Crippen molar-refractivity contribution in [1.29, 1.82) is 0 Å². The van der Waals surface area contributed by atoms with Crippen LogP contribution in [0.15, 0.2) is 36.5 Å². The molecule has 0 N–H and O–H groups in total. The van der Waals surface area contributed by atoms with Crippen LogP contribution in [-0.4, -0.2) is 4.98 Å². The Bertz CT molecular complexity index is 930. The zero-order valence-electron chi connectivity index (χ0n) is 17.3. The molecule has 3 aromatic rings. The molecule has 0 radical (unpaired) electrons. The van der Waals surface area contributed by atoms with Crippen LogP contribution in [0.5, 0.6) is 0 Å². The quantitative estimate of drug-likeness (QED) is 0.478. The normalized spacial score (nSPS) is 12.8. The fourth-order valence-electron chi connectivity index (χ4n) is 4.22. The van der Waals surface area contributed by atoms with Crippen molar-refractivity contribution in [1.82, 2.24) is 4.98 Å². The number of hydrogen-bond acceptors (Lipinski definition) is 1. The van der Waals surface area contributed by atoms with E-state index in [0.717, 1.165) is 5.69 Å². The van der Waals surface area contributed by atoms with Crippen LogP contribution in [0, 0.1) is 20.8 Å². The van der Waals surface area contributed by atoms with Gasteiger partial charge in [-0.25, -0.2) is 0 Å². The van der Waals surface area contributed by atoms with Crippen molar-refractivity contribution in [2.45, 2.75) is 66.7 Å². The summed E-state index contributed by atoms with van der Waals surface area (Å²) in [6.07, 6.45) is 3.14. The first kappa shape index (κ1) is 18.6. The van der Waals surface area contributed by atoms with Crippen molar-refractivity contribution >= 4 is 10.8 Å². The highest BCUT2D eigenvalue weighted by Crippen LogP contribution is 2.38. The minimum absolute atomic E-state index is 0.509. The lowest BCUT2D eigenvalue weighted by Gasteiger charge is -2.23. The van der Waals surface area contributed by atoms with Crippen molar-refractivity contribution in [3.63, 3.8) is 0 Å². The maximum absolute atomic E-state index is 4.80. The number of aryl methyl sites for hydroxylation is 3. The molecule has 0 fully saturated rings. The smallest absolute Gasteiger partial charge is 0.0780 e. The van der Waals surface area contributed by atoms with Crippen LogP contribution in [0.2, 0.25) is 0 Å². The van der Waals surface area contributed by atoms with E-state index in [1.54, 1.807) is 0 Å². The molecule has 1 heteroatoms. The highest BCUT2D eigenvalue weighted by atomic mass is 14.7. The van der Waals surface area contributed by atoms with Crippen LogP contribution in [0.1, 0.15) is 73.8 Å². The van der Waals surface area contributed by atoms with E-state index in [0.29, 0.717) is 11.8 Å². The Morgan fingerprint density at radius 2 is 1.54 bits per heavy atom. The molecule has 0 aliphatic heterocycles. The van der Waals surface area contributed by atoms with Crippen LogP contribution >= 0.6 is 0 Å². The largest absolute Gasteiger partial charge is 0.256 e. The Morgan fingerprint density at radius 3 is 2.12 bits per heavy atom. The lowest BCUT2D eigenvalue weighted by Crippen LogP contribution is -2.05. The minimum atomic E-state index is 0.509. The molecular weight excluding hydrogens is 314 g/mol. The van der Waals surface area contributed by atoms with Crippen LogP contribution in [0.25, 0.3) is 22.0 Å². The first-order valence-corrected chi connectivity index (χ1v) is 9.84. The van der Waals surface area contributed by atoms with Gasteiger partial charge in [0.05, 0.1) is 5.69 Å². The summed E-state index contributed by atoms with van der Waals surface area (Å²) in [6.45, 7) is 15.9. The molecule has 1 unspecified atom stereocenters. The molecule has 0 aliphatic rings. The van der Waals surface area contributed by atoms with Crippen LogP contribution in [0.4, 0.5) is 0 Å². The Hall–Kier alpha value is -2.15. The van der Waals surface area contributed by atoms with Gasteiger partial charge in [0.2, 0.25) is 0 Å². The topological polar surface area (TPSA) is 12.9 Å². The molecule has 2 aromatic carbocycles. The molecule has 1 heterocycles. The fourth-order valence-corrected chi connectivity index (χ4v) is 4.22. The zero-order chi connectivity index (χ0) is 19.0. The third-order valence-corrected chi connectivity index (χ3v) is 5.63. The summed E-state index contributed by atoms with van der Waals surface area (Å²) in [5, 5.41) is 2.62. The van der Waals surface area contributed by atoms with Gasteiger partial charge in [-0.2, -0.15) is 0 Å². The molecule has 1 aromatic heterocycles. The summed E-state index contributed by atoms with van der Waals surface area (Å²) >= 11 is 0. The lowest BCUT2D eigenvalue weighted by molar-refractivity contribution is 0.704. The van der Waals surface area contributed by atoms with Gasteiger partial charge in [0, 0.05) is 17.1 Å². The third-order valence-electron chi connectivity index (χ3n) is 5.63. The van der Waals surface area contributed by atoms with E-state index in [4.69, 9.17) is 4.98 Å². The predicted octanol–water partition coefficient (Wildman–Crippen LogP) is 7.46. The summed E-state index contributed by atoms with van der Waals surface area (Å²) in [4.78, 5) is 4.80. The summed E-state index contributed by atoms with van der Waals surface area (Å²) in [5.41, 5.74) is 9.34. The highest BCUT2D eigenvalue weighted by molar-refractivity contribution is 5.97. The molecule has 0 amide bonds. The van der Waals surface area contributed by atoms with Crippen LogP contribution < -0.4 is 0 Å². The van der Waals surface area contributed by atoms with Gasteiger partial charge in [0.1, 0.15) is 0 Å². The highest BCUT2D eigenvalue weighted by Gasteiger charge is 2.19. The number of fused-ring (bicyclic) bond motifs is 1. The Balaban J connectivity index is 2.37. The molecule has 0 aliphatic carbocycles. The molecule has 3 rings (SSSR count). The average Bonchev–Trinajstić information content (AvgIpc) is 2.59. The van der Waals surface area contributed by atoms with Gasteiger partial charge in [-0.15, -0.1) is 0 Å². The van der Waals surface area contributed by atoms with Crippen molar-refractivity contribution in [3.8, 4) is 11.3 Å². The van der Waals surface area contributed by atoms with Gasteiger partial charge < -0.3 is 0 Å². The van der Waals surface area contributed by atoms with E-state index in [9.17, 15) is 0 Å². The molecule has 0 saturated heterocycles. The first-order chi connectivity index (χ1) is 12.3. The number of rotatable bonds is 4. The van der Waals surface area contributed by atoms with E-state index in [1.165, 1.54) is 50.6 Å². The molecule has 1 atom stereocenters. The molecule has 0 bridgehead atoms. The van der Waals surface area contributed by atoms with Crippen molar-refractivity contribution in [2.75, 3.05) is 0 Å². The molecular formula is C25H31N. The van der Waals surface area contributed by atoms with Crippen molar-refractivity contribution in [3.05, 3.63) is 64.3 Å². The predicted molar refractivity (Wildman–Crippen MR) is 114 cm³/mol. The van der Waals surface area contributed by atoms with Gasteiger partial charge in [-0.3, -0.25) is 4.98 Å². The summed E-state index contributed by atoms with van der Waals surface area (Å²) in [5.74, 6) is 1.09. The summed E-state index contributed by atoms with van der Waals surface area (Å²) < 4.78 is 0. The SMILES string of the molecule is CCC(C)c1c(C(C)C)cc2c(-c3cc(C)cc(C)c3)nccc2c1C. The summed E-state index contributed by atoms with van der Waals surface area (Å²) in [6, 6.07) is 11.3. The van der Waals surface area contributed by atoms with E-state index in [-0.39, 0.29) is 0 Å². The molecule has 1 nitrogen and oxygen atoms in total. The van der Waals surface area contributed by atoms with Gasteiger partial charge in [0.25, 0.3) is 0 Å². The number of pyridine rings is 1. The van der Waals surface area contributed by atoms with E-state index in [1.807, 2.05) is 6.20 Å². The van der Waals surface area contributed by atoms with Gasteiger partial charge in [-0.05, 0) is 85.4 Å². The lowest BCUT2D eigenvalue weighted by atomic mass is 9.82. The van der Waals surface area contributed by atoms with E-state index < -0.39 is 0 Å². The molecule has 136 valence electrons. The maximum atomic E-state index is 4.80. The second kappa shape index (κ2) is 7.23. The van der Waals surface area contributed by atoms with Crippen molar-refractivity contribution < 1.29 is 0 Å². The fraction of sp³-hybridized carbons (Fsp3) is 0.400. The monoisotopic (exact) mass is 345 g/mol. The van der Waals surface area contributed by atoms with E-state index >= 15 is 0 Å². The molecule has 0 saturated carbocycles. The number of nitrogens with zero attached hydrogens (tertiary/aromatic N) is 1.